The van der Waals surface area contributed by atoms with E-state index in [1.807, 2.05) is 27.1 Å². The average molecular weight is 203 g/mol. The Morgan fingerprint density at radius 2 is 1.87 bits per heavy atom. The van der Waals surface area contributed by atoms with Crippen LogP contribution in [0.25, 0.3) is 11.3 Å². The number of hydrogen-bond acceptors (Lipinski definition) is 4. The lowest BCUT2D eigenvalue weighted by Gasteiger charge is -2.05. The fourth-order valence-electron chi connectivity index (χ4n) is 1.38. The topological polar surface area (TPSA) is 69.6 Å². The van der Waals surface area contributed by atoms with E-state index in [1.54, 1.807) is 10.9 Å². The largest absolute Gasteiger partial charge is 0.382 e. The molecule has 5 heteroatoms. The number of nitrogens with zero attached hydrogens (tertiary/aromatic N) is 4. The van der Waals surface area contributed by atoms with E-state index in [1.165, 1.54) is 0 Å². The van der Waals surface area contributed by atoms with Crippen LogP contribution >= 0.6 is 0 Å². The molecule has 2 N–H and O–H groups in total. The summed E-state index contributed by atoms with van der Waals surface area (Å²) in [6, 6.07) is 0. The molecule has 0 spiro atoms. The molecule has 2 rings (SSSR count). The molecule has 0 atom stereocenters. The maximum atomic E-state index is 5.82. The predicted molar refractivity (Wildman–Crippen MR) is 58.1 cm³/mol. The van der Waals surface area contributed by atoms with Crippen LogP contribution in [-0.2, 0) is 7.05 Å². The van der Waals surface area contributed by atoms with Gasteiger partial charge in [-0.1, -0.05) is 0 Å². The number of aryl methyl sites for hydroxylation is 3. The Morgan fingerprint density at radius 3 is 2.47 bits per heavy atom. The fourth-order valence-corrected chi connectivity index (χ4v) is 1.38. The molecule has 2 aromatic heterocycles. The smallest absolute Gasteiger partial charge is 0.150 e. The molecule has 0 saturated carbocycles. The molecule has 0 fully saturated rings. The van der Waals surface area contributed by atoms with Crippen molar-refractivity contribution in [3.63, 3.8) is 0 Å². The van der Waals surface area contributed by atoms with E-state index in [-0.39, 0.29) is 0 Å². The van der Waals surface area contributed by atoms with E-state index < -0.39 is 0 Å². The van der Waals surface area contributed by atoms with Crippen LogP contribution in [0.1, 0.15) is 11.4 Å². The van der Waals surface area contributed by atoms with Gasteiger partial charge in [0.1, 0.15) is 11.5 Å². The summed E-state index contributed by atoms with van der Waals surface area (Å²) < 4.78 is 1.71. The van der Waals surface area contributed by atoms with Crippen molar-refractivity contribution in [1.82, 2.24) is 19.7 Å². The summed E-state index contributed by atoms with van der Waals surface area (Å²) in [5.74, 6) is 0.450. The van der Waals surface area contributed by atoms with E-state index in [4.69, 9.17) is 5.73 Å². The van der Waals surface area contributed by atoms with Gasteiger partial charge in [0.25, 0.3) is 0 Å². The number of nitrogens with two attached hydrogens (primary N) is 1. The van der Waals surface area contributed by atoms with Gasteiger partial charge in [-0.15, -0.1) is 0 Å². The second-order valence-electron chi connectivity index (χ2n) is 3.53. The van der Waals surface area contributed by atoms with E-state index in [2.05, 4.69) is 15.1 Å². The first-order valence-corrected chi connectivity index (χ1v) is 4.67. The predicted octanol–water partition coefficient (Wildman–Crippen LogP) is 1.08. The van der Waals surface area contributed by atoms with Gasteiger partial charge in [-0.25, -0.2) is 9.97 Å². The Labute approximate surface area is 88.0 Å². The Morgan fingerprint density at radius 1 is 1.20 bits per heavy atom. The highest BCUT2D eigenvalue weighted by Gasteiger charge is 2.09. The molecule has 15 heavy (non-hydrogen) atoms. The van der Waals surface area contributed by atoms with Gasteiger partial charge in [-0.3, -0.25) is 4.68 Å². The molecule has 0 aliphatic heterocycles. The Hall–Kier alpha value is -1.91. The minimum Gasteiger partial charge on any atom is -0.382 e. The van der Waals surface area contributed by atoms with Crippen LogP contribution in [0.5, 0.6) is 0 Å². The Balaban J connectivity index is 2.58. The van der Waals surface area contributed by atoms with Gasteiger partial charge < -0.3 is 5.73 Å². The quantitative estimate of drug-likeness (QED) is 0.752. The number of rotatable bonds is 1. The molecular formula is C10H13N5. The molecule has 0 aliphatic rings. The van der Waals surface area contributed by atoms with Gasteiger partial charge in [0.05, 0.1) is 17.6 Å². The van der Waals surface area contributed by atoms with Gasteiger partial charge in [0.2, 0.25) is 0 Å². The number of nitrogen functional groups attached to an aromatic ring is 1. The summed E-state index contributed by atoms with van der Waals surface area (Å²) >= 11 is 0. The second-order valence-corrected chi connectivity index (χ2v) is 3.53. The van der Waals surface area contributed by atoms with E-state index >= 15 is 0 Å². The molecular weight excluding hydrogens is 190 g/mol. The minimum absolute atomic E-state index is 0.450. The second kappa shape index (κ2) is 3.34. The third-order valence-corrected chi connectivity index (χ3v) is 2.31. The van der Waals surface area contributed by atoms with Crippen molar-refractivity contribution in [1.29, 1.82) is 0 Å². The molecule has 0 saturated heterocycles. The summed E-state index contributed by atoms with van der Waals surface area (Å²) in [4.78, 5) is 8.65. The molecule has 0 radical (unpaired) electrons. The summed E-state index contributed by atoms with van der Waals surface area (Å²) in [6.07, 6.45) is 3.60. The molecule has 0 aromatic carbocycles. The molecule has 0 unspecified atom stereocenters. The van der Waals surface area contributed by atoms with Crippen molar-refractivity contribution < 1.29 is 0 Å². The van der Waals surface area contributed by atoms with Crippen LogP contribution in [0.4, 0.5) is 5.82 Å². The zero-order valence-electron chi connectivity index (χ0n) is 9.02. The van der Waals surface area contributed by atoms with Crippen LogP contribution in [0.15, 0.2) is 12.4 Å². The fraction of sp³-hybridized carbons (Fsp3) is 0.300. The van der Waals surface area contributed by atoms with Crippen LogP contribution < -0.4 is 5.73 Å². The normalized spacial score (nSPS) is 10.6. The molecule has 0 amide bonds. The van der Waals surface area contributed by atoms with E-state index in [0.29, 0.717) is 11.5 Å². The lowest BCUT2D eigenvalue weighted by molar-refractivity contribution is 0.768. The Bertz CT molecular complexity index is 501. The maximum Gasteiger partial charge on any atom is 0.150 e. The van der Waals surface area contributed by atoms with Crippen LogP contribution in [-0.4, -0.2) is 19.7 Å². The molecule has 0 aliphatic carbocycles. The Kier molecular flexibility index (Phi) is 2.15. The first kappa shape index (κ1) is 9.64. The number of anilines is 1. The lowest BCUT2D eigenvalue weighted by atomic mass is 10.2. The molecule has 5 nitrogen and oxygen atoms in total. The molecule has 0 bridgehead atoms. The molecule has 2 heterocycles. The zero-order valence-corrected chi connectivity index (χ0v) is 9.02. The number of hydrogen-bond donors (Lipinski definition) is 1. The van der Waals surface area contributed by atoms with Gasteiger partial charge in [-0.05, 0) is 13.8 Å². The average Bonchev–Trinajstić information content (AvgIpc) is 2.58. The van der Waals surface area contributed by atoms with Crippen molar-refractivity contribution in [2.45, 2.75) is 13.8 Å². The summed E-state index contributed by atoms with van der Waals surface area (Å²) in [6.45, 7) is 3.81. The zero-order chi connectivity index (χ0) is 11.0. The van der Waals surface area contributed by atoms with Gasteiger partial charge in [-0.2, -0.15) is 5.10 Å². The highest BCUT2D eigenvalue weighted by Crippen LogP contribution is 2.22. The highest BCUT2D eigenvalue weighted by atomic mass is 15.2. The van der Waals surface area contributed by atoms with Crippen molar-refractivity contribution in [3.8, 4) is 11.3 Å². The van der Waals surface area contributed by atoms with Crippen LogP contribution in [0, 0.1) is 13.8 Å². The van der Waals surface area contributed by atoms with Gasteiger partial charge in [0.15, 0.2) is 0 Å². The van der Waals surface area contributed by atoms with Crippen LogP contribution in [0.3, 0.4) is 0 Å². The maximum absolute atomic E-state index is 5.82. The van der Waals surface area contributed by atoms with E-state index in [0.717, 1.165) is 17.0 Å². The first-order chi connectivity index (χ1) is 7.08. The molecule has 2 aromatic rings. The van der Waals surface area contributed by atoms with Gasteiger partial charge >= 0.3 is 0 Å². The third-order valence-electron chi connectivity index (χ3n) is 2.31. The third kappa shape index (κ3) is 1.68. The van der Waals surface area contributed by atoms with Crippen molar-refractivity contribution in [2.24, 2.45) is 7.05 Å². The van der Waals surface area contributed by atoms with Crippen molar-refractivity contribution in [2.75, 3.05) is 5.73 Å². The summed E-state index contributed by atoms with van der Waals surface area (Å²) in [5.41, 5.74) is 9.17. The SMILES string of the molecule is Cc1nc(N)c(-c2cnn(C)c2)nc1C. The number of aromatic nitrogens is 4. The standard InChI is InChI=1S/C10H13N5/c1-6-7(2)14-10(11)9(13-6)8-4-12-15(3)5-8/h4-5H,1-3H3,(H2,11,14). The van der Waals surface area contributed by atoms with Gasteiger partial charge in [0, 0.05) is 18.8 Å². The van der Waals surface area contributed by atoms with Crippen LogP contribution in [0.2, 0.25) is 0 Å². The monoisotopic (exact) mass is 203 g/mol. The van der Waals surface area contributed by atoms with Crippen molar-refractivity contribution in [3.05, 3.63) is 23.8 Å². The van der Waals surface area contributed by atoms with E-state index in [9.17, 15) is 0 Å². The lowest BCUT2D eigenvalue weighted by Crippen LogP contribution is -2.01. The first-order valence-electron chi connectivity index (χ1n) is 4.67. The summed E-state index contributed by atoms with van der Waals surface area (Å²) in [7, 11) is 1.86. The van der Waals surface area contributed by atoms with Crippen molar-refractivity contribution >= 4 is 5.82 Å². The highest BCUT2D eigenvalue weighted by molar-refractivity contribution is 5.68. The summed E-state index contributed by atoms with van der Waals surface area (Å²) in [5, 5.41) is 4.08. The minimum atomic E-state index is 0.450. The molecule has 78 valence electrons.